The van der Waals surface area contributed by atoms with E-state index < -0.39 is 0 Å². The SMILES string of the molecule is COc1cc(C(=O)N[C@@H](C)c2ccc3c(c2)CCCC3)cc(OC)c1OC. The van der Waals surface area contributed by atoms with Crippen molar-refractivity contribution >= 4 is 5.91 Å². The van der Waals surface area contributed by atoms with Gasteiger partial charge >= 0.3 is 0 Å². The third-order valence-corrected chi connectivity index (χ3v) is 5.15. The summed E-state index contributed by atoms with van der Waals surface area (Å²) in [6.45, 7) is 2.00. The summed E-state index contributed by atoms with van der Waals surface area (Å²) in [7, 11) is 4.61. The van der Waals surface area contributed by atoms with E-state index in [2.05, 4.69) is 23.5 Å². The van der Waals surface area contributed by atoms with Crippen LogP contribution in [-0.2, 0) is 12.8 Å². The number of carbonyl (C=O) groups is 1. The average molecular weight is 369 g/mol. The third kappa shape index (κ3) is 4.02. The predicted molar refractivity (Wildman–Crippen MR) is 105 cm³/mol. The standard InChI is InChI=1S/C22H27NO4/c1-14(16-10-9-15-7-5-6-8-17(15)11-16)23-22(24)18-12-19(25-2)21(27-4)20(13-18)26-3/h9-14H,5-8H2,1-4H3,(H,23,24)/t14-/m0/s1. The van der Waals surface area contributed by atoms with E-state index in [0.717, 1.165) is 18.4 Å². The first-order valence-electron chi connectivity index (χ1n) is 9.30. The van der Waals surface area contributed by atoms with Crippen LogP contribution in [0.1, 0.15) is 52.9 Å². The van der Waals surface area contributed by atoms with Crippen LogP contribution >= 0.6 is 0 Å². The van der Waals surface area contributed by atoms with Gasteiger partial charge in [-0.25, -0.2) is 0 Å². The lowest BCUT2D eigenvalue weighted by atomic mass is 9.89. The summed E-state index contributed by atoms with van der Waals surface area (Å²) < 4.78 is 16.0. The molecule has 1 aliphatic carbocycles. The molecule has 27 heavy (non-hydrogen) atoms. The average Bonchev–Trinajstić information content (AvgIpc) is 2.71. The molecule has 0 spiro atoms. The number of rotatable bonds is 6. The number of amides is 1. The highest BCUT2D eigenvalue weighted by atomic mass is 16.5. The molecule has 0 aliphatic heterocycles. The van der Waals surface area contributed by atoms with Crippen molar-refractivity contribution in [1.29, 1.82) is 0 Å². The van der Waals surface area contributed by atoms with E-state index in [1.165, 1.54) is 45.3 Å². The van der Waals surface area contributed by atoms with Crippen LogP contribution in [0, 0.1) is 0 Å². The molecule has 1 aliphatic rings. The van der Waals surface area contributed by atoms with Gasteiger partial charge in [-0.05, 0) is 61.4 Å². The van der Waals surface area contributed by atoms with Crippen LogP contribution in [0.25, 0.3) is 0 Å². The Hall–Kier alpha value is -2.69. The van der Waals surface area contributed by atoms with Crippen LogP contribution in [0.2, 0.25) is 0 Å². The zero-order chi connectivity index (χ0) is 19.4. The molecule has 0 fully saturated rings. The van der Waals surface area contributed by atoms with Gasteiger partial charge in [0.2, 0.25) is 5.75 Å². The number of hydrogen-bond acceptors (Lipinski definition) is 4. The fraction of sp³-hybridized carbons (Fsp3) is 0.409. The second-order valence-electron chi connectivity index (χ2n) is 6.84. The van der Waals surface area contributed by atoms with Crippen molar-refractivity contribution in [2.75, 3.05) is 21.3 Å². The second kappa shape index (κ2) is 8.33. The molecule has 1 atom stereocenters. The Balaban J connectivity index is 1.80. The molecule has 1 amide bonds. The van der Waals surface area contributed by atoms with Gasteiger partial charge < -0.3 is 19.5 Å². The third-order valence-electron chi connectivity index (χ3n) is 5.15. The summed E-state index contributed by atoms with van der Waals surface area (Å²) in [5.41, 5.74) is 4.44. The van der Waals surface area contributed by atoms with E-state index in [4.69, 9.17) is 14.2 Å². The molecule has 0 radical (unpaired) electrons. The molecular weight excluding hydrogens is 342 g/mol. The lowest BCUT2D eigenvalue weighted by molar-refractivity contribution is 0.0939. The highest BCUT2D eigenvalue weighted by Gasteiger charge is 2.19. The Morgan fingerprint density at radius 3 is 2.15 bits per heavy atom. The van der Waals surface area contributed by atoms with Crippen molar-refractivity contribution < 1.29 is 19.0 Å². The highest BCUT2D eigenvalue weighted by Crippen LogP contribution is 2.38. The van der Waals surface area contributed by atoms with Crippen LogP contribution in [-0.4, -0.2) is 27.2 Å². The Labute approximate surface area is 160 Å². The number of carbonyl (C=O) groups excluding carboxylic acids is 1. The lowest BCUT2D eigenvalue weighted by Crippen LogP contribution is -2.27. The van der Waals surface area contributed by atoms with E-state index >= 15 is 0 Å². The molecule has 3 rings (SSSR count). The van der Waals surface area contributed by atoms with E-state index in [-0.39, 0.29) is 11.9 Å². The molecule has 0 heterocycles. The first kappa shape index (κ1) is 19.1. The van der Waals surface area contributed by atoms with Gasteiger partial charge in [-0.2, -0.15) is 0 Å². The van der Waals surface area contributed by atoms with Gasteiger partial charge in [-0.15, -0.1) is 0 Å². The van der Waals surface area contributed by atoms with Gasteiger partial charge in [-0.1, -0.05) is 18.2 Å². The molecule has 2 aromatic carbocycles. The summed E-state index contributed by atoms with van der Waals surface area (Å²) >= 11 is 0. The zero-order valence-corrected chi connectivity index (χ0v) is 16.4. The number of ether oxygens (including phenoxy) is 3. The first-order valence-corrected chi connectivity index (χ1v) is 9.30. The van der Waals surface area contributed by atoms with Crippen LogP contribution in [0.15, 0.2) is 30.3 Å². The van der Waals surface area contributed by atoms with Crippen LogP contribution in [0.3, 0.4) is 0 Å². The van der Waals surface area contributed by atoms with E-state index in [0.29, 0.717) is 22.8 Å². The molecule has 1 N–H and O–H groups in total. The maximum Gasteiger partial charge on any atom is 0.252 e. The van der Waals surface area contributed by atoms with Gasteiger partial charge in [0.05, 0.1) is 27.4 Å². The van der Waals surface area contributed by atoms with Gasteiger partial charge in [0, 0.05) is 5.56 Å². The molecular formula is C22H27NO4. The van der Waals surface area contributed by atoms with Crippen molar-refractivity contribution in [2.24, 2.45) is 0 Å². The van der Waals surface area contributed by atoms with Gasteiger partial charge in [0.1, 0.15) is 0 Å². The van der Waals surface area contributed by atoms with Crippen molar-refractivity contribution in [3.05, 3.63) is 52.6 Å². The Morgan fingerprint density at radius 2 is 1.56 bits per heavy atom. The quantitative estimate of drug-likeness (QED) is 0.833. The van der Waals surface area contributed by atoms with E-state index in [1.54, 1.807) is 12.1 Å². The van der Waals surface area contributed by atoms with Crippen molar-refractivity contribution in [3.63, 3.8) is 0 Å². The monoisotopic (exact) mass is 369 g/mol. The fourth-order valence-electron chi connectivity index (χ4n) is 3.60. The summed E-state index contributed by atoms with van der Waals surface area (Å²) in [6.07, 6.45) is 4.78. The predicted octanol–water partition coefficient (Wildman–Crippen LogP) is 4.08. The maximum atomic E-state index is 12.8. The molecule has 0 saturated heterocycles. The second-order valence-corrected chi connectivity index (χ2v) is 6.84. The minimum Gasteiger partial charge on any atom is -0.493 e. The van der Waals surface area contributed by atoms with E-state index in [1.807, 2.05) is 6.92 Å². The molecule has 0 saturated carbocycles. The Morgan fingerprint density at radius 1 is 0.926 bits per heavy atom. The smallest absolute Gasteiger partial charge is 0.252 e. The summed E-state index contributed by atoms with van der Waals surface area (Å²) in [5.74, 6) is 1.21. The van der Waals surface area contributed by atoms with E-state index in [9.17, 15) is 4.79 Å². The van der Waals surface area contributed by atoms with Gasteiger partial charge in [0.25, 0.3) is 5.91 Å². The van der Waals surface area contributed by atoms with Crippen LogP contribution in [0.5, 0.6) is 17.2 Å². The number of fused-ring (bicyclic) bond motifs is 1. The number of hydrogen-bond donors (Lipinski definition) is 1. The van der Waals surface area contributed by atoms with Crippen molar-refractivity contribution in [2.45, 2.75) is 38.6 Å². The van der Waals surface area contributed by atoms with Gasteiger partial charge in [-0.3, -0.25) is 4.79 Å². The molecule has 5 heteroatoms. The molecule has 0 aromatic heterocycles. The van der Waals surface area contributed by atoms with Crippen LogP contribution in [0.4, 0.5) is 0 Å². The summed E-state index contributed by atoms with van der Waals surface area (Å²) in [4.78, 5) is 12.8. The Bertz CT molecular complexity index is 806. The first-order chi connectivity index (χ1) is 13.1. The largest absolute Gasteiger partial charge is 0.493 e. The topological polar surface area (TPSA) is 56.8 Å². The van der Waals surface area contributed by atoms with Crippen molar-refractivity contribution in [3.8, 4) is 17.2 Å². The van der Waals surface area contributed by atoms with Gasteiger partial charge in [0.15, 0.2) is 11.5 Å². The summed E-state index contributed by atoms with van der Waals surface area (Å²) in [6, 6.07) is 9.78. The minimum atomic E-state index is -0.181. The zero-order valence-electron chi connectivity index (χ0n) is 16.4. The molecule has 0 unspecified atom stereocenters. The number of nitrogens with one attached hydrogen (secondary N) is 1. The fourth-order valence-corrected chi connectivity index (χ4v) is 3.60. The van der Waals surface area contributed by atoms with Crippen molar-refractivity contribution in [1.82, 2.24) is 5.32 Å². The minimum absolute atomic E-state index is 0.0937. The number of methoxy groups -OCH3 is 3. The molecule has 2 aromatic rings. The highest BCUT2D eigenvalue weighted by molar-refractivity contribution is 5.95. The number of aryl methyl sites for hydroxylation is 2. The normalized spacial score (nSPS) is 14.1. The lowest BCUT2D eigenvalue weighted by Gasteiger charge is -2.20. The molecule has 5 nitrogen and oxygen atoms in total. The summed E-state index contributed by atoms with van der Waals surface area (Å²) in [5, 5.41) is 3.07. The molecule has 144 valence electrons. The van der Waals surface area contributed by atoms with Crippen LogP contribution < -0.4 is 19.5 Å². The Kier molecular flexibility index (Phi) is 5.89. The molecule has 0 bridgehead atoms. The maximum absolute atomic E-state index is 12.8. The number of benzene rings is 2.